The fourth-order valence-electron chi connectivity index (χ4n) is 2.29. The van der Waals surface area contributed by atoms with Crippen LogP contribution in [0.3, 0.4) is 0 Å². The van der Waals surface area contributed by atoms with Crippen LogP contribution >= 0.6 is 11.6 Å². The molecule has 0 spiro atoms. The summed E-state index contributed by atoms with van der Waals surface area (Å²) in [6.07, 6.45) is 1.31. The van der Waals surface area contributed by atoms with E-state index in [1.54, 1.807) is 54.6 Å². The highest BCUT2D eigenvalue weighted by atomic mass is 35.5. The Morgan fingerprint density at radius 1 is 0.964 bits per heavy atom. The first-order valence-corrected chi connectivity index (χ1v) is 8.57. The summed E-state index contributed by atoms with van der Waals surface area (Å²) in [5.41, 5.74) is 2.91. The van der Waals surface area contributed by atoms with E-state index in [-0.39, 0.29) is 11.3 Å². The molecule has 0 heterocycles. The van der Waals surface area contributed by atoms with Crippen LogP contribution in [-0.4, -0.2) is 18.1 Å². The van der Waals surface area contributed by atoms with Crippen LogP contribution in [0.4, 0.5) is 4.39 Å². The number of esters is 1. The summed E-state index contributed by atoms with van der Waals surface area (Å²) >= 11 is 5.81. The fourth-order valence-corrected chi connectivity index (χ4v) is 2.42. The second kappa shape index (κ2) is 8.92. The van der Waals surface area contributed by atoms with Gasteiger partial charge in [-0.05, 0) is 48.5 Å². The van der Waals surface area contributed by atoms with Crippen molar-refractivity contribution in [2.24, 2.45) is 5.10 Å². The lowest BCUT2D eigenvalue weighted by molar-refractivity contribution is 0.0734. The zero-order valence-corrected chi connectivity index (χ0v) is 15.2. The third-order valence-corrected chi connectivity index (χ3v) is 3.94. The summed E-state index contributed by atoms with van der Waals surface area (Å²) in [4.78, 5) is 24.2. The van der Waals surface area contributed by atoms with Gasteiger partial charge in [0.25, 0.3) is 5.91 Å². The minimum atomic E-state index is -0.690. The molecular weight excluding hydrogens is 383 g/mol. The molecule has 0 saturated heterocycles. The minimum absolute atomic E-state index is 0.123. The topological polar surface area (TPSA) is 67.8 Å². The Labute approximate surface area is 165 Å². The van der Waals surface area contributed by atoms with Crippen molar-refractivity contribution in [1.29, 1.82) is 0 Å². The number of hydrogen-bond donors (Lipinski definition) is 1. The first kappa shape index (κ1) is 19.3. The number of para-hydroxylation sites is 1. The molecule has 0 aliphatic carbocycles. The van der Waals surface area contributed by atoms with Gasteiger partial charge in [0.1, 0.15) is 11.6 Å². The maximum Gasteiger partial charge on any atom is 0.343 e. The van der Waals surface area contributed by atoms with Crippen molar-refractivity contribution in [3.63, 3.8) is 0 Å². The number of halogens is 2. The smallest absolute Gasteiger partial charge is 0.343 e. The van der Waals surface area contributed by atoms with Crippen LogP contribution < -0.4 is 10.2 Å². The molecule has 0 fully saturated rings. The zero-order chi connectivity index (χ0) is 19.9. The molecule has 3 rings (SSSR count). The van der Waals surface area contributed by atoms with Crippen molar-refractivity contribution in [3.8, 4) is 5.75 Å². The maximum absolute atomic E-state index is 13.6. The van der Waals surface area contributed by atoms with Gasteiger partial charge in [-0.3, -0.25) is 4.79 Å². The predicted octanol–water partition coefficient (Wildman–Crippen LogP) is 4.46. The average molecular weight is 397 g/mol. The quantitative estimate of drug-likeness (QED) is 0.299. The van der Waals surface area contributed by atoms with E-state index in [0.29, 0.717) is 16.1 Å². The summed E-state index contributed by atoms with van der Waals surface area (Å²) in [6.45, 7) is 0. The summed E-state index contributed by atoms with van der Waals surface area (Å²) in [7, 11) is 0. The Morgan fingerprint density at radius 2 is 1.64 bits per heavy atom. The monoisotopic (exact) mass is 396 g/mol. The number of hydrazone groups is 1. The Hall–Kier alpha value is -3.51. The molecule has 0 radical (unpaired) electrons. The molecule has 0 atom stereocenters. The lowest BCUT2D eigenvalue weighted by atomic mass is 10.2. The van der Waals surface area contributed by atoms with Crippen LogP contribution in [0.25, 0.3) is 0 Å². The van der Waals surface area contributed by atoms with E-state index in [1.807, 2.05) is 0 Å². The summed E-state index contributed by atoms with van der Waals surface area (Å²) in [5, 5.41) is 4.32. The van der Waals surface area contributed by atoms with Crippen molar-refractivity contribution < 1.29 is 18.7 Å². The molecule has 3 aromatic rings. The first-order valence-electron chi connectivity index (χ1n) is 8.19. The van der Waals surface area contributed by atoms with Gasteiger partial charge in [0.05, 0.1) is 17.3 Å². The highest BCUT2D eigenvalue weighted by Gasteiger charge is 2.12. The molecule has 1 amide bonds. The van der Waals surface area contributed by atoms with Crippen molar-refractivity contribution in [2.45, 2.75) is 0 Å². The number of rotatable bonds is 5. The molecule has 0 unspecified atom stereocenters. The summed E-state index contributed by atoms with van der Waals surface area (Å²) < 4.78 is 19.0. The molecule has 5 nitrogen and oxygen atoms in total. The fraction of sp³-hybridized carbons (Fsp3) is 0. The van der Waals surface area contributed by atoms with E-state index >= 15 is 0 Å². The number of hydrogen-bond acceptors (Lipinski definition) is 4. The lowest BCUT2D eigenvalue weighted by Crippen LogP contribution is -2.19. The third kappa shape index (κ3) is 4.81. The second-order valence-corrected chi connectivity index (χ2v) is 6.05. The number of carbonyl (C=O) groups excluding carboxylic acids is 2. The number of nitrogens with zero attached hydrogens (tertiary/aromatic N) is 1. The molecule has 7 heteroatoms. The van der Waals surface area contributed by atoms with Crippen LogP contribution in [-0.2, 0) is 0 Å². The molecule has 140 valence electrons. The SMILES string of the molecule is O=C(Oc1ccccc1/C=N\NC(=O)c1ccccc1F)c1ccc(Cl)cc1. The highest BCUT2D eigenvalue weighted by molar-refractivity contribution is 6.30. The van der Waals surface area contributed by atoms with Gasteiger partial charge in [-0.25, -0.2) is 14.6 Å². The number of amides is 1. The molecule has 0 aliphatic heterocycles. The van der Waals surface area contributed by atoms with E-state index in [0.717, 1.165) is 0 Å². The van der Waals surface area contributed by atoms with Crippen molar-refractivity contribution in [1.82, 2.24) is 5.43 Å². The molecule has 0 bridgehead atoms. The Morgan fingerprint density at radius 3 is 2.39 bits per heavy atom. The van der Waals surface area contributed by atoms with E-state index in [9.17, 15) is 14.0 Å². The van der Waals surface area contributed by atoms with Crippen molar-refractivity contribution >= 4 is 29.7 Å². The van der Waals surface area contributed by atoms with Crippen molar-refractivity contribution in [3.05, 3.63) is 100 Å². The lowest BCUT2D eigenvalue weighted by Gasteiger charge is -2.07. The van der Waals surface area contributed by atoms with Gasteiger partial charge >= 0.3 is 5.97 Å². The van der Waals surface area contributed by atoms with Gasteiger partial charge in [0.15, 0.2) is 0 Å². The van der Waals surface area contributed by atoms with Crippen molar-refractivity contribution in [2.75, 3.05) is 0 Å². The highest BCUT2D eigenvalue weighted by Crippen LogP contribution is 2.18. The summed E-state index contributed by atoms with van der Waals surface area (Å²) in [6, 6.07) is 18.5. The van der Waals surface area contributed by atoms with Gasteiger partial charge in [0, 0.05) is 10.6 Å². The number of carbonyl (C=O) groups is 2. The second-order valence-electron chi connectivity index (χ2n) is 5.61. The van der Waals surface area contributed by atoms with E-state index in [1.165, 1.54) is 24.4 Å². The average Bonchev–Trinajstić information content (AvgIpc) is 2.70. The van der Waals surface area contributed by atoms with E-state index in [2.05, 4.69) is 10.5 Å². The molecule has 3 aromatic carbocycles. The molecule has 1 N–H and O–H groups in total. The summed E-state index contributed by atoms with van der Waals surface area (Å²) in [5.74, 6) is -1.64. The predicted molar refractivity (Wildman–Crippen MR) is 104 cm³/mol. The zero-order valence-electron chi connectivity index (χ0n) is 14.4. The largest absolute Gasteiger partial charge is 0.422 e. The molecule has 28 heavy (non-hydrogen) atoms. The third-order valence-electron chi connectivity index (χ3n) is 3.69. The van der Waals surface area contributed by atoms with Gasteiger partial charge < -0.3 is 4.74 Å². The Balaban J connectivity index is 1.70. The Kier molecular flexibility index (Phi) is 6.14. The standard InChI is InChI=1S/C21H14ClFN2O3/c22-16-11-9-14(10-12-16)21(27)28-19-8-4-1-5-15(19)13-24-25-20(26)17-6-2-3-7-18(17)23/h1-13H,(H,25,26)/b24-13-. The molecular formula is C21H14ClFN2O3. The number of nitrogens with one attached hydrogen (secondary N) is 1. The van der Waals surface area contributed by atoms with Gasteiger partial charge in [-0.2, -0.15) is 5.10 Å². The van der Waals surface area contributed by atoms with E-state index in [4.69, 9.17) is 16.3 Å². The molecule has 0 saturated carbocycles. The minimum Gasteiger partial charge on any atom is -0.422 e. The molecule has 0 aliphatic rings. The molecule has 0 aromatic heterocycles. The van der Waals surface area contributed by atoms with Crippen LogP contribution in [0, 0.1) is 5.82 Å². The van der Waals surface area contributed by atoms with Crippen LogP contribution in [0.15, 0.2) is 77.9 Å². The van der Waals surface area contributed by atoms with Gasteiger partial charge in [-0.1, -0.05) is 35.9 Å². The number of benzene rings is 3. The maximum atomic E-state index is 13.6. The number of ether oxygens (including phenoxy) is 1. The van der Waals surface area contributed by atoms with E-state index < -0.39 is 17.7 Å². The normalized spacial score (nSPS) is 10.6. The van der Waals surface area contributed by atoms with Crippen LogP contribution in [0.1, 0.15) is 26.3 Å². The van der Waals surface area contributed by atoms with Crippen LogP contribution in [0.5, 0.6) is 5.75 Å². The first-order chi connectivity index (χ1) is 13.5. The van der Waals surface area contributed by atoms with Gasteiger partial charge in [0.2, 0.25) is 0 Å². The van der Waals surface area contributed by atoms with Gasteiger partial charge in [-0.15, -0.1) is 0 Å². The Bertz CT molecular complexity index is 1040. The van der Waals surface area contributed by atoms with Crippen LogP contribution in [0.2, 0.25) is 5.02 Å².